The summed E-state index contributed by atoms with van der Waals surface area (Å²) in [7, 11) is 0. The standard InChI is InChI=1S/C14H16N2O2/c1-9-4-3-5-13(12(9)7-15)16-14(17)11-6-10(2)18-8-11/h3-5,10-11H,6,8H2,1-2H3,(H,16,17). The summed E-state index contributed by atoms with van der Waals surface area (Å²) >= 11 is 0. The summed E-state index contributed by atoms with van der Waals surface area (Å²) in [4.78, 5) is 12.0. The summed E-state index contributed by atoms with van der Waals surface area (Å²) in [5.74, 6) is -0.187. The molecule has 1 fully saturated rings. The van der Waals surface area contributed by atoms with Gasteiger partial charge in [0.05, 0.1) is 29.9 Å². The van der Waals surface area contributed by atoms with E-state index in [0.29, 0.717) is 17.9 Å². The molecule has 0 spiro atoms. The molecule has 1 heterocycles. The van der Waals surface area contributed by atoms with Crippen LogP contribution in [0.15, 0.2) is 18.2 Å². The molecular weight excluding hydrogens is 228 g/mol. The molecule has 0 radical (unpaired) electrons. The highest BCUT2D eigenvalue weighted by Gasteiger charge is 2.28. The van der Waals surface area contributed by atoms with Crippen LogP contribution >= 0.6 is 0 Å². The highest BCUT2D eigenvalue weighted by atomic mass is 16.5. The molecular formula is C14H16N2O2. The van der Waals surface area contributed by atoms with Gasteiger partial charge in [0, 0.05) is 0 Å². The Morgan fingerprint density at radius 3 is 2.94 bits per heavy atom. The molecule has 1 aliphatic rings. The zero-order valence-electron chi connectivity index (χ0n) is 10.6. The maximum absolute atomic E-state index is 12.0. The minimum Gasteiger partial charge on any atom is -0.378 e. The van der Waals surface area contributed by atoms with E-state index in [9.17, 15) is 4.79 Å². The number of ether oxygens (including phenoxy) is 1. The average Bonchev–Trinajstić information content (AvgIpc) is 2.76. The van der Waals surface area contributed by atoms with E-state index in [4.69, 9.17) is 10.00 Å². The van der Waals surface area contributed by atoms with Crippen molar-refractivity contribution >= 4 is 11.6 Å². The Labute approximate surface area is 107 Å². The average molecular weight is 244 g/mol. The monoisotopic (exact) mass is 244 g/mol. The van der Waals surface area contributed by atoms with Gasteiger partial charge in [-0.1, -0.05) is 12.1 Å². The minimum atomic E-state index is -0.118. The first-order chi connectivity index (χ1) is 8.61. The number of nitrogens with one attached hydrogen (secondary N) is 1. The van der Waals surface area contributed by atoms with Crippen LogP contribution < -0.4 is 5.32 Å². The van der Waals surface area contributed by atoms with Gasteiger partial charge in [-0.15, -0.1) is 0 Å². The Balaban J connectivity index is 2.13. The van der Waals surface area contributed by atoms with E-state index in [1.165, 1.54) is 0 Å². The third kappa shape index (κ3) is 2.52. The van der Waals surface area contributed by atoms with Gasteiger partial charge in [0.2, 0.25) is 5.91 Å². The molecule has 1 amide bonds. The summed E-state index contributed by atoms with van der Waals surface area (Å²) in [5.41, 5.74) is 1.98. The van der Waals surface area contributed by atoms with Crippen LogP contribution in [0.5, 0.6) is 0 Å². The third-order valence-electron chi connectivity index (χ3n) is 3.21. The lowest BCUT2D eigenvalue weighted by Gasteiger charge is -2.11. The molecule has 1 aromatic rings. The lowest BCUT2D eigenvalue weighted by atomic mass is 10.0. The third-order valence-corrected chi connectivity index (χ3v) is 3.21. The van der Waals surface area contributed by atoms with Gasteiger partial charge < -0.3 is 10.1 Å². The van der Waals surface area contributed by atoms with Crippen LogP contribution in [0, 0.1) is 24.2 Å². The fraction of sp³-hybridized carbons (Fsp3) is 0.429. The van der Waals surface area contributed by atoms with Crippen LogP contribution in [-0.2, 0) is 9.53 Å². The molecule has 1 aliphatic heterocycles. The van der Waals surface area contributed by atoms with Gasteiger partial charge in [0.25, 0.3) is 0 Å². The van der Waals surface area contributed by atoms with E-state index < -0.39 is 0 Å². The molecule has 4 heteroatoms. The molecule has 1 N–H and O–H groups in total. The van der Waals surface area contributed by atoms with E-state index in [-0.39, 0.29) is 17.9 Å². The number of nitrogens with zero attached hydrogens (tertiary/aromatic N) is 1. The molecule has 1 aromatic carbocycles. The first-order valence-electron chi connectivity index (χ1n) is 6.04. The van der Waals surface area contributed by atoms with Gasteiger partial charge in [-0.2, -0.15) is 5.26 Å². The van der Waals surface area contributed by atoms with Crippen LogP contribution in [0.25, 0.3) is 0 Å². The molecule has 18 heavy (non-hydrogen) atoms. The van der Waals surface area contributed by atoms with E-state index in [2.05, 4.69) is 11.4 Å². The van der Waals surface area contributed by atoms with Crippen molar-refractivity contribution in [2.24, 2.45) is 5.92 Å². The van der Waals surface area contributed by atoms with Crippen LogP contribution in [-0.4, -0.2) is 18.6 Å². The lowest BCUT2D eigenvalue weighted by molar-refractivity contribution is -0.119. The van der Waals surface area contributed by atoms with E-state index in [0.717, 1.165) is 12.0 Å². The minimum absolute atomic E-state index is 0.0681. The Morgan fingerprint density at radius 1 is 1.56 bits per heavy atom. The molecule has 94 valence electrons. The van der Waals surface area contributed by atoms with Crippen molar-refractivity contribution in [3.05, 3.63) is 29.3 Å². The number of benzene rings is 1. The number of anilines is 1. The SMILES string of the molecule is Cc1cccc(NC(=O)C2COC(C)C2)c1C#N. The van der Waals surface area contributed by atoms with E-state index in [1.807, 2.05) is 26.0 Å². The number of nitriles is 1. The molecule has 0 aliphatic carbocycles. The quantitative estimate of drug-likeness (QED) is 0.867. The highest BCUT2D eigenvalue weighted by molar-refractivity contribution is 5.94. The summed E-state index contributed by atoms with van der Waals surface area (Å²) in [6.07, 6.45) is 0.869. The number of hydrogen-bond donors (Lipinski definition) is 1. The smallest absolute Gasteiger partial charge is 0.229 e. The van der Waals surface area contributed by atoms with Crippen LogP contribution in [0.1, 0.15) is 24.5 Å². The molecule has 0 saturated carbocycles. The maximum atomic E-state index is 12.0. The summed E-state index contributed by atoms with van der Waals surface area (Å²) in [6, 6.07) is 7.56. The predicted octanol–water partition coefficient (Wildman–Crippen LogP) is 2.23. The fourth-order valence-electron chi connectivity index (χ4n) is 2.16. The normalized spacial score (nSPS) is 22.5. The number of amides is 1. The Hall–Kier alpha value is -1.86. The second-order valence-corrected chi connectivity index (χ2v) is 4.68. The largest absolute Gasteiger partial charge is 0.378 e. The van der Waals surface area contributed by atoms with Crippen LogP contribution in [0.4, 0.5) is 5.69 Å². The van der Waals surface area contributed by atoms with Crippen molar-refractivity contribution in [1.29, 1.82) is 5.26 Å². The second kappa shape index (κ2) is 5.19. The van der Waals surface area contributed by atoms with Gasteiger partial charge in [-0.25, -0.2) is 0 Å². The number of aryl methyl sites for hydroxylation is 1. The van der Waals surface area contributed by atoms with Gasteiger partial charge in [-0.3, -0.25) is 4.79 Å². The van der Waals surface area contributed by atoms with Crippen LogP contribution in [0.3, 0.4) is 0 Å². The zero-order valence-corrected chi connectivity index (χ0v) is 10.6. The topological polar surface area (TPSA) is 62.1 Å². The van der Waals surface area contributed by atoms with Crippen molar-refractivity contribution in [2.45, 2.75) is 26.4 Å². The molecule has 4 nitrogen and oxygen atoms in total. The first-order valence-corrected chi connectivity index (χ1v) is 6.04. The zero-order chi connectivity index (χ0) is 13.1. The molecule has 0 aromatic heterocycles. The van der Waals surface area contributed by atoms with E-state index >= 15 is 0 Å². The van der Waals surface area contributed by atoms with Gasteiger partial charge in [0.1, 0.15) is 6.07 Å². The predicted molar refractivity (Wildman–Crippen MR) is 68.0 cm³/mol. The van der Waals surface area contributed by atoms with Crippen LogP contribution in [0.2, 0.25) is 0 Å². The summed E-state index contributed by atoms with van der Waals surface area (Å²) < 4.78 is 5.38. The van der Waals surface area contributed by atoms with Gasteiger partial charge >= 0.3 is 0 Å². The summed E-state index contributed by atoms with van der Waals surface area (Å²) in [5, 5.41) is 11.9. The lowest BCUT2D eigenvalue weighted by Crippen LogP contribution is -2.23. The second-order valence-electron chi connectivity index (χ2n) is 4.68. The number of rotatable bonds is 2. The first kappa shape index (κ1) is 12.6. The fourth-order valence-corrected chi connectivity index (χ4v) is 2.16. The molecule has 2 rings (SSSR count). The molecule has 0 bridgehead atoms. The van der Waals surface area contributed by atoms with Crippen molar-refractivity contribution in [1.82, 2.24) is 0 Å². The van der Waals surface area contributed by atoms with Crippen molar-refractivity contribution < 1.29 is 9.53 Å². The van der Waals surface area contributed by atoms with Crippen molar-refractivity contribution in [3.63, 3.8) is 0 Å². The van der Waals surface area contributed by atoms with Crippen molar-refractivity contribution in [2.75, 3.05) is 11.9 Å². The number of carbonyl (C=O) groups excluding carboxylic acids is 1. The highest BCUT2D eigenvalue weighted by Crippen LogP contribution is 2.23. The summed E-state index contributed by atoms with van der Waals surface area (Å²) in [6.45, 7) is 4.27. The maximum Gasteiger partial charge on any atom is 0.229 e. The molecule has 1 saturated heterocycles. The van der Waals surface area contributed by atoms with Crippen molar-refractivity contribution in [3.8, 4) is 6.07 Å². The molecule has 2 unspecified atom stereocenters. The number of carbonyl (C=O) groups is 1. The molecule has 2 atom stereocenters. The van der Waals surface area contributed by atoms with Gasteiger partial charge in [-0.05, 0) is 31.9 Å². The Kier molecular flexibility index (Phi) is 3.63. The number of hydrogen-bond acceptors (Lipinski definition) is 3. The Bertz CT molecular complexity index is 505. The Morgan fingerprint density at radius 2 is 2.33 bits per heavy atom. The van der Waals surface area contributed by atoms with E-state index in [1.54, 1.807) is 6.07 Å². The van der Waals surface area contributed by atoms with Gasteiger partial charge in [0.15, 0.2) is 0 Å².